The van der Waals surface area contributed by atoms with Crippen LogP contribution in [0.15, 0.2) is 0 Å². The summed E-state index contributed by atoms with van der Waals surface area (Å²) in [6, 6.07) is -0.0590. The van der Waals surface area contributed by atoms with Gasteiger partial charge in [0.15, 0.2) is 0 Å². The van der Waals surface area contributed by atoms with Gasteiger partial charge in [-0.1, -0.05) is 26.2 Å². The fourth-order valence-corrected chi connectivity index (χ4v) is 2.03. The van der Waals surface area contributed by atoms with Gasteiger partial charge in [0.1, 0.15) is 0 Å². The molecule has 0 bridgehead atoms. The summed E-state index contributed by atoms with van der Waals surface area (Å²) >= 11 is 0. The SMILES string of the molecule is CCCC(O)CNC(=O)C1CCCCCN1. The zero-order valence-corrected chi connectivity index (χ0v) is 10.2. The van der Waals surface area contributed by atoms with Crippen LogP contribution in [0.25, 0.3) is 0 Å². The predicted molar refractivity (Wildman–Crippen MR) is 64.2 cm³/mol. The molecule has 0 aromatic heterocycles. The highest BCUT2D eigenvalue weighted by atomic mass is 16.3. The van der Waals surface area contributed by atoms with Crippen molar-refractivity contribution in [3.63, 3.8) is 0 Å². The molecule has 1 aliphatic rings. The van der Waals surface area contributed by atoms with E-state index < -0.39 is 6.10 Å². The van der Waals surface area contributed by atoms with E-state index in [0.717, 1.165) is 38.6 Å². The fourth-order valence-electron chi connectivity index (χ4n) is 2.03. The van der Waals surface area contributed by atoms with Crippen LogP contribution in [0.2, 0.25) is 0 Å². The molecule has 2 atom stereocenters. The summed E-state index contributed by atoms with van der Waals surface area (Å²) in [6.07, 6.45) is 5.67. The molecular weight excluding hydrogens is 204 g/mol. The second-order valence-corrected chi connectivity index (χ2v) is 4.54. The molecule has 1 heterocycles. The highest BCUT2D eigenvalue weighted by Crippen LogP contribution is 2.08. The first-order valence-electron chi connectivity index (χ1n) is 6.43. The number of rotatable bonds is 5. The summed E-state index contributed by atoms with van der Waals surface area (Å²) < 4.78 is 0. The molecular formula is C12H24N2O2. The van der Waals surface area contributed by atoms with E-state index in [0.29, 0.717) is 6.54 Å². The molecule has 1 rings (SSSR count). The summed E-state index contributed by atoms with van der Waals surface area (Å²) in [7, 11) is 0. The van der Waals surface area contributed by atoms with Crippen LogP contribution in [-0.4, -0.2) is 36.2 Å². The molecule has 0 aromatic rings. The van der Waals surface area contributed by atoms with E-state index in [4.69, 9.17) is 0 Å². The highest BCUT2D eigenvalue weighted by Gasteiger charge is 2.19. The highest BCUT2D eigenvalue weighted by molar-refractivity contribution is 5.81. The van der Waals surface area contributed by atoms with Crippen molar-refractivity contribution in [3.05, 3.63) is 0 Å². The Hall–Kier alpha value is -0.610. The summed E-state index contributed by atoms with van der Waals surface area (Å²) in [5.74, 6) is 0.0389. The van der Waals surface area contributed by atoms with Gasteiger partial charge in [-0.15, -0.1) is 0 Å². The van der Waals surface area contributed by atoms with E-state index in [1.165, 1.54) is 6.42 Å². The average molecular weight is 228 g/mol. The molecule has 94 valence electrons. The number of carbonyl (C=O) groups excluding carboxylic acids is 1. The van der Waals surface area contributed by atoms with Crippen molar-refractivity contribution < 1.29 is 9.90 Å². The Balaban J connectivity index is 2.22. The van der Waals surface area contributed by atoms with Crippen molar-refractivity contribution >= 4 is 5.91 Å². The lowest BCUT2D eigenvalue weighted by Crippen LogP contribution is -2.45. The van der Waals surface area contributed by atoms with Gasteiger partial charge in [-0.05, 0) is 25.8 Å². The summed E-state index contributed by atoms with van der Waals surface area (Å²) in [5.41, 5.74) is 0. The van der Waals surface area contributed by atoms with Gasteiger partial charge in [-0.3, -0.25) is 4.79 Å². The smallest absolute Gasteiger partial charge is 0.237 e. The van der Waals surface area contributed by atoms with Crippen molar-refractivity contribution in [2.45, 2.75) is 57.6 Å². The van der Waals surface area contributed by atoms with Crippen LogP contribution in [0.4, 0.5) is 0 Å². The van der Waals surface area contributed by atoms with Crippen LogP contribution < -0.4 is 10.6 Å². The van der Waals surface area contributed by atoms with E-state index in [1.54, 1.807) is 0 Å². The Bertz CT molecular complexity index is 201. The topological polar surface area (TPSA) is 61.4 Å². The van der Waals surface area contributed by atoms with Crippen LogP contribution in [0, 0.1) is 0 Å². The lowest BCUT2D eigenvalue weighted by atomic mass is 10.1. The average Bonchev–Trinajstić information content (AvgIpc) is 2.55. The number of carbonyl (C=O) groups is 1. The Labute approximate surface area is 97.8 Å². The standard InChI is InChI=1S/C12H24N2O2/c1-2-6-10(15)9-14-12(16)11-7-4-3-5-8-13-11/h10-11,13,15H,2-9H2,1H3,(H,14,16). The maximum absolute atomic E-state index is 11.8. The zero-order chi connectivity index (χ0) is 11.8. The largest absolute Gasteiger partial charge is 0.391 e. The second-order valence-electron chi connectivity index (χ2n) is 4.54. The van der Waals surface area contributed by atoms with Gasteiger partial charge in [0.05, 0.1) is 12.1 Å². The van der Waals surface area contributed by atoms with E-state index in [1.807, 2.05) is 6.92 Å². The Kier molecular flexibility index (Phi) is 6.42. The van der Waals surface area contributed by atoms with Crippen molar-refractivity contribution in [2.24, 2.45) is 0 Å². The molecule has 0 radical (unpaired) electrons. The first kappa shape index (κ1) is 13.5. The molecule has 4 heteroatoms. The number of amides is 1. The first-order valence-corrected chi connectivity index (χ1v) is 6.43. The first-order chi connectivity index (χ1) is 7.74. The zero-order valence-electron chi connectivity index (χ0n) is 10.2. The van der Waals surface area contributed by atoms with Crippen molar-refractivity contribution in [2.75, 3.05) is 13.1 Å². The van der Waals surface area contributed by atoms with Crippen LogP contribution in [0.1, 0.15) is 45.4 Å². The van der Waals surface area contributed by atoms with Crippen molar-refractivity contribution in [3.8, 4) is 0 Å². The van der Waals surface area contributed by atoms with Crippen LogP contribution in [-0.2, 0) is 4.79 Å². The van der Waals surface area contributed by atoms with Crippen LogP contribution >= 0.6 is 0 Å². The lowest BCUT2D eigenvalue weighted by molar-refractivity contribution is -0.123. The van der Waals surface area contributed by atoms with Gasteiger partial charge in [-0.25, -0.2) is 0 Å². The molecule has 1 aliphatic heterocycles. The van der Waals surface area contributed by atoms with E-state index in [9.17, 15) is 9.90 Å². The van der Waals surface area contributed by atoms with E-state index >= 15 is 0 Å². The van der Waals surface area contributed by atoms with Crippen molar-refractivity contribution in [1.82, 2.24) is 10.6 Å². The molecule has 16 heavy (non-hydrogen) atoms. The Morgan fingerprint density at radius 3 is 3.06 bits per heavy atom. The normalized spacial score (nSPS) is 23.5. The molecule has 4 nitrogen and oxygen atoms in total. The number of aliphatic hydroxyl groups is 1. The van der Waals surface area contributed by atoms with E-state index in [-0.39, 0.29) is 11.9 Å². The molecule has 2 unspecified atom stereocenters. The predicted octanol–water partition coefficient (Wildman–Crippen LogP) is 0.796. The van der Waals surface area contributed by atoms with Gasteiger partial charge < -0.3 is 15.7 Å². The third-order valence-corrected chi connectivity index (χ3v) is 3.01. The number of aliphatic hydroxyl groups excluding tert-OH is 1. The summed E-state index contributed by atoms with van der Waals surface area (Å²) in [6.45, 7) is 3.33. The molecule has 0 aliphatic carbocycles. The molecule has 1 amide bonds. The quantitative estimate of drug-likeness (QED) is 0.652. The summed E-state index contributed by atoms with van der Waals surface area (Å²) in [5, 5.41) is 15.6. The molecule has 1 saturated heterocycles. The minimum absolute atomic E-state index is 0.0389. The van der Waals surface area contributed by atoms with Gasteiger partial charge in [0.25, 0.3) is 0 Å². The number of nitrogens with one attached hydrogen (secondary N) is 2. The molecule has 0 spiro atoms. The van der Waals surface area contributed by atoms with Crippen molar-refractivity contribution in [1.29, 1.82) is 0 Å². The van der Waals surface area contributed by atoms with Crippen LogP contribution in [0.5, 0.6) is 0 Å². The fraction of sp³-hybridized carbons (Fsp3) is 0.917. The molecule has 3 N–H and O–H groups in total. The minimum atomic E-state index is -0.403. The molecule has 1 fully saturated rings. The van der Waals surface area contributed by atoms with Gasteiger partial charge in [0.2, 0.25) is 5.91 Å². The second kappa shape index (κ2) is 7.63. The molecule has 0 aromatic carbocycles. The van der Waals surface area contributed by atoms with E-state index in [2.05, 4.69) is 10.6 Å². The lowest BCUT2D eigenvalue weighted by Gasteiger charge is -2.17. The third-order valence-electron chi connectivity index (χ3n) is 3.01. The minimum Gasteiger partial charge on any atom is -0.391 e. The summed E-state index contributed by atoms with van der Waals surface area (Å²) in [4.78, 5) is 11.8. The maximum Gasteiger partial charge on any atom is 0.237 e. The Morgan fingerprint density at radius 2 is 2.31 bits per heavy atom. The monoisotopic (exact) mass is 228 g/mol. The third kappa shape index (κ3) is 4.94. The van der Waals surface area contributed by atoms with Gasteiger partial charge in [-0.2, -0.15) is 0 Å². The number of hydrogen-bond acceptors (Lipinski definition) is 3. The van der Waals surface area contributed by atoms with Gasteiger partial charge >= 0.3 is 0 Å². The maximum atomic E-state index is 11.8. The Morgan fingerprint density at radius 1 is 1.50 bits per heavy atom. The van der Waals surface area contributed by atoms with Gasteiger partial charge in [0, 0.05) is 6.54 Å². The van der Waals surface area contributed by atoms with Crippen LogP contribution in [0.3, 0.4) is 0 Å². The molecule has 0 saturated carbocycles. The number of hydrogen-bond donors (Lipinski definition) is 3.